The fourth-order valence-electron chi connectivity index (χ4n) is 3.84. The zero-order valence-electron chi connectivity index (χ0n) is 16.0. The van der Waals surface area contributed by atoms with E-state index in [1.54, 1.807) is 0 Å². The third-order valence-electron chi connectivity index (χ3n) is 5.32. The van der Waals surface area contributed by atoms with Gasteiger partial charge in [0.15, 0.2) is 0 Å². The van der Waals surface area contributed by atoms with Gasteiger partial charge in [0.2, 0.25) is 0 Å². The van der Waals surface area contributed by atoms with Crippen LogP contribution in [0.4, 0.5) is 0 Å². The van der Waals surface area contributed by atoms with E-state index in [1.807, 2.05) is 0 Å². The summed E-state index contributed by atoms with van der Waals surface area (Å²) >= 11 is 0. The van der Waals surface area contributed by atoms with Gasteiger partial charge in [-0.25, -0.2) is 0 Å². The van der Waals surface area contributed by atoms with Crippen molar-refractivity contribution < 1.29 is 4.74 Å². The van der Waals surface area contributed by atoms with E-state index in [-0.39, 0.29) is 5.60 Å². The molecule has 1 aliphatic heterocycles. The van der Waals surface area contributed by atoms with Gasteiger partial charge < -0.3 is 9.64 Å². The van der Waals surface area contributed by atoms with Crippen molar-refractivity contribution in [2.45, 2.75) is 90.5 Å². The van der Waals surface area contributed by atoms with Crippen LogP contribution in [-0.4, -0.2) is 59.8 Å². The van der Waals surface area contributed by atoms with Gasteiger partial charge in [-0.15, -0.1) is 0 Å². The average molecular weight is 311 g/mol. The molecule has 0 spiro atoms. The maximum atomic E-state index is 6.06. The highest BCUT2D eigenvalue weighted by atomic mass is 16.5. The number of ether oxygens (including phenoxy) is 1. The minimum absolute atomic E-state index is 0.00793. The summed E-state index contributed by atoms with van der Waals surface area (Å²) in [7, 11) is 2.31. The lowest BCUT2D eigenvalue weighted by atomic mass is 9.86. The minimum Gasteiger partial charge on any atom is -0.373 e. The third kappa shape index (κ3) is 5.21. The number of likely N-dealkylation sites (tertiary alicyclic amines) is 1. The molecule has 2 aliphatic rings. The molecule has 2 fully saturated rings. The first-order valence-corrected chi connectivity index (χ1v) is 9.18. The Bertz CT molecular complexity index is 341. The van der Waals surface area contributed by atoms with E-state index in [0.717, 1.165) is 12.0 Å². The molecule has 0 aromatic rings. The Morgan fingerprint density at radius 3 is 2.00 bits per heavy atom. The topological polar surface area (TPSA) is 15.7 Å². The predicted octanol–water partition coefficient (Wildman–Crippen LogP) is 3.77. The summed E-state index contributed by atoms with van der Waals surface area (Å²) in [4.78, 5) is 5.24. The van der Waals surface area contributed by atoms with Crippen molar-refractivity contribution in [3.63, 3.8) is 0 Å². The van der Waals surface area contributed by atoms with Crippen LogP contribution in [0.1, 0.15) is 67.2 Å². The van der Waals surface area contributed by atoms with Gasteiger partial charge >= 0.3 is 0 Å². The molecule has 1 aliphatic carbocycles. The highest BCUT2D eigenvalue weighted by molar-refractivity contribution is 4.90. The summed E-state index contributed by atoms with van der Waals surface area (Å²) in [6.07, 6.45) is 5.63. The molecule has 0 unspecified atom stereocenters. The summed E-state index contributed by atoms with van der Waals surface area (Å²) < 4.78 is 6.06. The van der Waals surface area contributed by atoms with Crippen molar-refractivity contribution in [1.82, 2.24) is 9.80 Å². The number of piperidine rings is 1. The van der Waals surface area contributed by atoms with Crippen molar-refractivity contribution >= 4 is 0 Å². The molecule has 22 heavy (non-hydrogen) atoms. The molecule has 0 aromatic carbocycles. The molecule has 3 heteroatoms. The van der Waals surface area contributed by atoms with Gasteiger partial charge in [-0.1, -0.05) is 0 Å². The highest BCUT2D eigenvalue weighted by Crippen LogP contribution is 2.32. The molecule has 0 aromatic heterocycles. The second kappa shape index (κ2) is 6.78. The van der Waals surface area contributed by atoms with E-state index >= 15 is 0 Å². The van der Waals surface area contributed by atoms with Gasteiger partial charge in [0, 0.05) is 18.1 Å². The van der Waals surface area contributed by atoms with Gasteiger partial charge in [0.1, 0.15) is 0 Å². The first-order valence-electron chi connectivity index (χ1n) is 9.18. The highest BCUT2D eigenvalue weighted by Gasteiger charge is 2.36. The van der Waals surface area contributed by atoms with Crippen molar-refractivity contribution in [2.24, 2.45) is 5.92 Å². The third-order valence-corrected chi connectivity index (χ3v) is 5.32. The second-order valence-electron chi connectivity index (χ2n) is 9.52. The maximum Gasteiger partial charge on any atom is 0.0612 e. The zero-order valence-corrected chi connectivity index (χ0v) is 16.0. The van der Waals surface area contributed by atoms with Gasteiger partial charge in [-0.05, 0) is 93.3 Å². The Balaban J connectivity index is 1.66. The van der Waals surface area contributed by atoms with Crippen LogP contribution in [-0.2, 0) is 4.74 Å². The minimum atomic E-state index is 0.00793. The molecule has 0 bridgehead atoms. The number of rotatable bonds is 4. The number of nitrogens with zero attached hydrogens (tertiary/aromatic N) is 2. The largest absolute Gasteiger partial charge is 0.373 e. The van der Waals surface area contributed by atoms with E-state index in [2.05, 4.69) is 58.4 Å². The molecule has 1 heterocycles. The quantitative estimate of drug-likeness (QED) is 0.786. The Morgan fingerprint density at radius 2 is 1.55 bits per heavy atom. The van der Waals surface area contributed by atoms with E-state index in [0.29, 0.717) is 11.6 Å². The fraction of sp³-hybridized carbons (Fsp3) is 1.00. The van der Waals surface area contributed by atoms with Gasteiger partial charge in [0.25, 0.3) is 0 Å². The molecular weight excluding hydrogens is 272 g/mol. The van der Waals surface area contributed by atoms with Crippen LogP contribution >= 0.6 is 0 Å². The SMILES string of the molecule is CN(CC1CCN(C(C)(C)C)CC1)[C@H]1C[C@H](OC(C)(C)C)C1. The lowest BCUT2D eigenvalue weighted by molar-refractivity contribution is -0.119. The summed E-state index contributed by atoms with van der Waals surface area (Å²) in [6.45, 7) is 17.3. The number of hydrogen-bond acceptors (Lipinski definition) is 3. The molecule has 0 amide bonds. The Hall–Kier alpha value is -0.120. The van der Waals surface area contributed by atoms with Gasteiger partial charge in [0.05, 0.1) is 11.7 Å². The summed E-state index contributed by atoms with van der Waals surface area (Å²) in [5.41, 5.74) is 0.344. The normalized spacial score (nSPS) is 28.9. The van der Waals surface area contributed by atoms with Crippen LogP contribution in [0, 0.1) is 5.92 Å². The van der Waals surface area contributed by atoms with Crippen molar-refractivity contribution in [3.05, 3.63) is 0 Å². The van der Waals surface area contributed by atoms with Crippen LogP contribution in [0.5, 0.6) is 0 Å². The molecule has 0 N–H and O–H groups in total. The lowest BCUT2D eigenvalue weighted by Gasteiger charge is -2.46. The standard InChI is InChI=1S/C19H38N2O/c1-18(2,3)21-10-8-15(9-11-21)14-20(7)16-12-17(13-16)22-19(4,5)6/h15-17H,8-14H2,1-7H3/t16-,17-. The van der Waals surface area contributed by atoms with Gasteiger partial charge in [-0.2, -0.15) is 0 Å². The van der Waals surface area contributed by atoms with Crippen LogP contribution in [0.25, 0.3) is 0 Å². The van der Waals surface area contributed by atoms with Crippen molar-refractivity contribution in [3.8, 4) is 0 Å². The molecule has 3 nitrogen and oxygen atoms in total. The molecule has 1 saturated heterocycles. The summed E-state index contributed by atoms with van der Waals surface area (Å²) in [5.74, 6) is 0.881. The second-order valence-corrected chi connectivity index (χ2v) is 9.52. The monoisotopic (exact) mass is 310 g/mol. The molecule has 1 saturated carbocycles. The molecule has 0 radical (unpaired) electrons. The molecule has 2 rings (SSSR count). The smallest absolute Gasteiger partial charge is 0.0612 e. The van der Waals surface area contributed by atoms with Crippen molar-refractivity contribution in [2.75, 3.05) is 26.7 Å². The predicted molar refractivity (Wildman–Crippen MR) is 94.3 cm³/mol. The maximum absolute atomic E-state index is 6.06. The van der Waals surface area contributed by atoms with Crippen molar-refractivity contribution in [1.29, 1.82) is 0 Å². The molecule has 130 valence electrons. The fourth-order valence-corrected chi connectivity index (χ4v) is 3.84. The van der Waals surface area contributed by atoms with Crippen LogP contribution in [0.2, 0.25) is 0 Å². The number of hydrogen-bond donors (Lipinski definition) is 0. The zero-order chi connectivity index (χ0) is 16.5. The molecule has 0 atom stereocenters. The van der Waals surface area contributed by atoms with Crippen LogP contribution in [0.3, 0.4) is 0 Å². The van der Waals surface area contributed by atoms with Crippen LogP contribution in [0.15, 0.2) is 0 Å². The van der Waals surface area contributed by atoms with Crippen LogP contribution < -0.4 is 0 Å². The van der Waals surface area contributed by atoms with Gasteiger partial charge in [-0.3, -0.25) is 4.90 Å². The van der Waals surface area contributed by atoms with E-state index in [9.17, 15) is 0 Å². The Morgan fingerprint density at radius 1 is 1.00 bits per heavy atom. The van der Waals surface area contributed by atoms with E-state index in [4.69, 9.17) is 4.74 Å². The average Bonchev–Trinajstić information content (AvgIpc) is 2.31. The summed E-state index contributed by atoms with van der Waals surface area (Å²) in [6, 6.07) is 0.744. The molecular formula is C19H38N2O. The van der Waals surface area contributed by atoms with E-state index < -0.39 is 0 Å². The first-order chi connectivity index (χ1) is 10.0. The Kier molecular flexibility index (Phi) is 5.62. The first kappa shape index (κ1) is 18.2. The lowest BCUT2D eigenvalue weighted by Crippen LogP contribution is -2.51. The summed E-state index contributed by atoms with van der Waals surface area (Å²) in [5, 5.41) is 0. The Labute approximate surface area is 138 Å². The van der Waals surface area contributed by atoms with E-state index in [1.165, 1.54) is 45.3 Å².